The Morgan fingerprint density at radius 3 is 2.74 bits per heavy atom. The molecule has 3 fully saturated rings. The molecule has 2 N–H and O–H groups in total. The minimum absolute atomic E-state index is 0.00701. The van der Waals surface area contributed by atoms with E-state index in [0.717, 1.165) is 0 Å². The van der Waals surface area contributed by atoms with Crippen molar-refractivity contribution >= 4 is 29.4 Å². The van der Waals surface area contributed by atoms with Crippen LogP contribution in [0.3, 0.4) is 0 Å². The van der Waals surface area contributed by atoms with Crippen LogP contribution in [0.15, 0.2) is 18.5 Å². The van der Waals surface area contributed by atoms with E-state index in [2.05, 4.69) is 25.5 Å². The standard InChI is InChI=1S/C18H19F2N7O4/c1-31-16(30)26-7-17(8-26)6-25(9-18(17,19)20)12-4-11(24-27-3-2-21-13(12)27)10-5-22-15(29)23-14(10)28/h2-4,10H,5-9H2,1H3,(H2,22,23,28,29). The highest BCUT2D eigenvalue weighted by molar-refractivity contribution is 6.00. The Kier molecular flexibility index (Phi) is 4.07. The molecule has 0 aromatic carbocycles. The quantitative estimate of drug-likeness (QED) is 0.690. The third-order valence-electron chi connectivity index (χ3n) is 6.15. The predicted molar refractivity (Wildman–Crippen MR) is 101 cm³/mol. The summed E-state index contributed by atoms with van der Waals surface area (Å²) in [7, 11) is 1.21. The van der Waals surface area contributed by atoms with Crippen molar-refractivity contribution in [2.45, 2.75) is 11.8 Å². The van der Waals surface area contributed by atoms with Crippen molar-refractivity contribution in [3.05, 3.63) is 24.2 Å². The monoisotopic (exact) mass is 435 g/mol. The number of alkyl halides is 2. The number of halogens is 2. The molecule has 2 aromatic rings. The van der Waals surface area contributed by atoms with Crippen LogP contribution >= 0.6 is 0 Å². The molecular weight excluding hydrogens is 416 g/mol. The third-order valence-corrected chi connectivity index (χ3v) is 6.15. The van der Waals surface area contributed by atoms with Crippen LogP contribution in [0.4, 0.5) is 24.1 Å². The fourth-order valence-corrected chi connectivity index (χ4v) is 4.48. The Hall–Kier alpha value is -3.51. The lowest BCUT2D eigenvalue weighted by atomic mass is 9.76. The number of rotatable bonds is 2. The summed E-state index contributed by atoms with van der Waals surface area (Å²) in [5.41, 5.74) is -0.273. The SMILES string of the molecule is COC(=O)N1CC2(C1)CN(c1cc(C3CNC(=O)NC3=O)nn3ccnc13)CC2(F)F. The maximum atomic E-state index is 15.0. The molecule has 11 nitrogen and oxygen atoms in total. The van der Waals surface area contributed by atoms with E-state index in [0.29, 0.717) is 17.0 Å². The van der Waals surface area contributed by atoms with E-state index >= 15 is 8.78 Å². The first-order valence-electron chi connectivity index (χ1n) is 9.62. The highest BCUT2D eigenvalue weighted by Crippen LogP contribution is 2.51. The van der Waals surface area contributed by atoms with Crippen LogP contribution in [0.25, 0.3) is 5.65 Å². The van der Waals surface area contributed by atoms with Crippen LogP contribution in [0.2, 0.25) is 0 Å². The van der Waals surface area contributed by atoms with Crippen LogP contribution < -0.4 is 15.5 Å². The number of hydrogen-bond donors (Lipinski definition) is 2. The van der Waals surface area contributed by atoms with Gasteiger partial charge in [-0.05, 0) is 6.07 Å². The lowest BCUT2D eigenvalue weighted by molar-refractivity contribution is -0.147. The topological polar surface area (TPSA) is 121 Å². The lowest BCUT2D eigenvalue weighted by Crippen LogP contribution is -2.65. The number of anilines is 1. The molecule has 4 amide bonds. The Morgan fingerprint density at radius 2 is 2.03 bits per heavy atom. The fraction of sp³-hybridized carbons (Fsp3) is 0.500. The summed E-state index contributed by atoms with van der Waals surface area (Å²) in [6.07, 6.45) is 2.42. The number of imide groups is 1. The second-order valence-corrected chi connectivity index (χ2v) is 8.07. The summed E-state index contributed by atoms with van der Waals surface area (Å²) in [5.74, 6) is -4.32. The van der Waals surface area contributed by atoms with Gasteiger partial charge in [0.25, 0.3) is 5.92 Å². The van der Waals surface area contributed by atoms with Crippen LogP contribution in [0.5, 0.6) is 0 Å². The smallest absolute Gasteiger partial charge is 0.409 e. The van der Waals surface area contributed by atoms with E-state index in [1.807, 2.05) is 0 Å². The van der Waals surface area contributed by atoms with Crippen LogP contribution in [-0.2, 0) is 9.53 Å². The van der Waals surface area contributed by atoms with Crippen molar-refractivity contribution in [2.75, 3.05) is 44.7 Å². The summed E-state index contributed by atoms with van der Waals surface area (Å²) in [6, 6.07) is 0.974. The second-order valence-electron chi connectivity index (χ2n) is 8.07. The van der Waals surface area contributed by atoms with E-state index in [-0.39, 0.29) is 26.2 Å². The van der Waals surface area contributed by atoms with Crippen LogP contribution in [0, 0.1) is 5.41 Å². The molecular formula is C18H19F2N7O4. The molecule has 0 radical (unpaired) electrons. The number of ether oxygens (including phenoxy) is 1. The number of fused-ring (bicyclic) bond motifs is 1. The summed E-state index contributed by atoms with van der Waals surface area (Å²) in [4.78, 5) is 42.3. The Labute approximate surface area is 174 Å². The average molecular weight is 435 g/mol. The number of likely N-dealkylation sites (tertiary alicyclic amines) is 1. The first kappa shape index (κ1) is 19.5. The van der Waals surface area contributed by atoms with Crippen LogP contribution in [-0.4, -0.2) is 83.3 Å². The van der Waals surface area contributed by atoms with Gasteiger partial charge >= 0.3 is 12.1 Å². The van der Waals surface area contributed by atoms with E-state index in [1.54, 1.807) is 12.3 Å². The van der Waals surface area contributed by atoms with Gasteiger partial charge in [-0.15, -0.1) is 0 Å². The molecule has 3 saturated heterocycles. The number of nitrogens with one attached hydrogen (secondary N) is 2. The molecule has 2 aromatic heterocycles. The fourth-order valence-electron chi connectivity index (χ4n) is 4.48. The Bertz CT molecular complexity index is 1100. The van der Waals surface area contributed by atoms with Gasteiger partial charge in [0.1, 0.15) is 0 Å². The van der Waals surface area contributed by atoms with Gasteiger partial charge in [-0.2, -0.15) is 5.10 Å². The van der Waals surface area contributed by atoms with Gasteiger partial charge in [-0.25, -0.2) is 27.9 Å². The number of carbonyl (C=O) groups excluding carboxylic acids is 3. The maximum absolute atomic E-state index is 15.0. The first-order valence-corrected chi connectivity index (χ1v) is 9.62. The summed E-state index contributed by atoms with van der Waals surface area (Å²) < 4.78 is 36.1. The van der Waals surface area contributed by atoms with Crippen LogP contribution in [0.1, 0.15) is 11.6 Å². The van der Waals surface area contributed by atoms with E-state index in [4.69, 9.17) is 0 Å². The molecule has 0 bridgehead atoms. The zero-order valence-electron chi connectivity index (χ0n) is 16.5. The molecule has 0 saturated carbocycles. The molecule has 1 spiro atoms. The molecule has 13 heteroatoms. The lowest BCUT2D eigenvalue weighted by Gasteiger charge is -2.49. The summed E-state index contributed by atoms with van der Waals surface area (Å²) >= 11 is 0. The van der Waals surface area contributed by atoms with Gasteiger partial charge < -0.3 is 19.9 Å². The zero-order chi connectivity index (χ0) is 22.0. The molecule has 3 aliphatic heterocycles. The molecule has 5 rings (SSSR count). The van der Waals surface area contributed by atoms with Crippen molar-refractivity contribution in [3.63, 3.8) is 0 Å². The molecule has 31 heavy (non-hydrogen) atoms. The van der Waals surface area contributed by atoms with Gasteiger partial charge in [0.05, 0.1) is 36.4 Å². The van der Waals surface area contributed by atoms with Gasteiger partial charge in [0.15, 0.2) is 5.65 Å². The highest BCUT2D eigenvalue weighted by Gasteiger charge is 2.67. The number of amides is 4. The second kappa shape index (κ2) is 6.49. The summed E-state index contributed by atoms with van der Waals surface area (Å²) in [6.45, 7) is -0.716. The zero-order valence-corrected chi connectivity index (χ0v) is 16.5. The number of urea groups is 1. The number of nitrogens with zero attached hydrogens (tertiary/aromatic N) is 5. The Morgan fingerprint density at radius 1 is 1.26 bits per heavy atom. The number of imidazole rings is 1. The number of methoxy groups -OCH3 is 1. The molecule has 5 heterocycles. The average Bonchev–Trinajstić information content (AvgIpc) is 3.27. The summed E-state index contributed by atoms with van der Waals surface area (Å²) in [5, 5.41) is 9.10. The number of carbonyl (C=O) groups is 3. The highest BCUT2D eigenvalue weighted by atomic mass is 19.3. The molecule has 164 valence electrons. The minimum Gasteiger partial charge on any atom is -0.453 e. The van der Waals surface area contributed by atoms with Gasteiger partial charge in [0.2, 0.25) is 5.91 Å². The molecule has 1 unspecified atom stereocenters. The number of aromatic nitrogens is 3. The Balaban J connectivity index is 1.48. The molecule has 0 aliphatic carbocycles. The number of hydrogen-bond acceptors (Lipinski definition) is 7. The van der Waals surface area contributed by atoms with Crippen molar-refractivity contribution < 1.29 is 27.9 Å². The minimum atomic E-state index is -3.04. The molecule has 3 aliphatic rings. The van der Waals surface area contributed by atoms with Gasteiger partial charge in [0, 0.05) is 38.6 Å². The van der Waals surface area contributed by atoms with Gasteiger partial charge in [-0.1, -0.05) is 0 Å². The van der Waals surface area contributed by atoms with E-state index in [9.17, 15) is 14.4 Å². The van der Waals surface area contributed by atoms with Crippen molar-refractivity contribution in [3.8, 4) is 0 Å². The largest absolute Gasteiger partial charge is 0.453 e. The maximum Gasteiger partial charge on any atom is 0.409 e. The third kappa shape index (κ3) is 2.86. The van der Waals surface area contributed by atoms with Crippen molar-refractivity contribution in [2.24, 2.45) is 5.41 Å². The molecule has 1 atom stereocenters. The normalized spacial score (nSPS) is 24.2. The van der Waals surface area contributed by atoms with Crippen molar-refractivity contribution in [1.82, 2.24) is 30.1 Å². The van der Waals surface area contributed by atoms with Crippen molar-refractivity contribution in [1.29, 1.82) is 0 Å². The van der Waals surface area contributed by atoms with E-state index < -0.39 is 41.8 Å². The first-order chi connectivity index (χ1) is 14.7. The van der Waals surface area contributed by atoms with Gasteiger partial charge in [-0.3, -0.25) is 10.1 Å². The van der Waals surface area contributed by atoms with E-state index in [1.165, 1.54) is 27.6 Å². The predicted octanol–water partition coefficient (Wildman–Crippen LogP) is 0.176.